The number of amides is 1. The lowest BCUT2D eigenvalue weighted by Gasteiger charge is -2.31. The molecule has 0 bridgehead atoms. The van der Waals surface area contributed by atoms with Gasteiger partial charge in [0.2, 0.25) is 27.6 Å². The molecule has 2 aromatic heterocycles. The number of carbonyl (C=O) groups is 1. The van der Waals surface area contributed by atoms with E-state index in [2.05, 4.69) is 15.5 Å². The Labute approximate surface area is 198 Å². The summed E-state index contributed by atoms with van der Waals surface area (Å²) in [6.07, 6.45) is 1.89. The largest absolute Gasteiger partial charge is 0.339 e. The fourth-order valence-electron chi connectivity index (χ4n) is 4.03. The van der Waals surface area contributed by atoms with Gasteiger partial charge in [0, 0.05) is 30.1 Å². The van der Waals surface area contributed by atoms with Gasteiger partial charge < -0.3 is 9.84 Å². The summed E-state index contributed by atoms with van der Waals surface area (Å²) in [4.78, 5) is 18.8. The Morgan fingerprint density at radius 1 is 1.27 bits per heavy atom. The number of anilines is 1. The molecule has 4 rings (SSSR count). The Hall–Kier alpha value is -2.56. The van der Waals surface area contributed by atoms with Crippen LogP contribution in [0.4, 0.5) is 5.69 Å². The average Bonchev–Trinajstić information content (AvgIpc) is 3.42. The van der Waals surface area contributed by atoms with Gasteiger partial charge in [0.15, 0.2) is 0 Å². The summed E-state index contributed by atoms with van der Waals surface area (Å²) in [5.41, 5.74) is 2.87. The van der Waals surface area contributed by atoms with Crippen LogP contribution >= 0.6 is 11.3 Å². The van der Waals surface area contributed by atoms with Crippen LogP contribution in [0, 0.1) is 26.7 Å². The van der Waals surface area contributed by atoms with E-state index in [0.717, 1.165) is 16.8 Å². The fourth-order valence-corrected chi connectivity index (χ4v) is 7.04. The molecule has 0 spiro atoms. The third-order valence-corrected chi connectivity index (χ3v) is 9.04. The van der Waals surface area contributed by atoms with Gasteiger partial charge in [-0.25, -0.2) is 8.42 Å². The van der Waals surface area contributed by atoms with Crippen molar-refractivity contribution in [2.45, 2.75) is 51.9 Å². The molecule has 33 heavy (non-hydrogen) atoms. The van der Waals surface area contributed by atoms with E-state index >= 15 is 0 Å². The van der Waals surface area contributed by atoms with Crippen molar-refractivity contribution in [2.24, 2.45) is 5.92 Å². The van der Waals surface area contributed by atoms with Crippen molar-refractivity contribution in [3.63, 3.8) is 0 Å². The van der Waals surface area contributed by atoms with E-state index in [1.807, 2.05) is 39.0 Å². The van der Waals surface area contributed by atoms with Crippen molar-refractivity contribution in [3.05, 3.63) is 46.2 Å². The number of thiophene rings is 1. The van der Waals surface area contributed by atoms with Crippen molar-refractivity contribution in [1.82, 2.24) is 14.4 Å². The van der Waals surface area contributed by atoms with Crippen molar-refractivity contribution in [2.75, 3.05) is 18.4 Å². The van der Waals surface area contributed by atoms with Crippen LogP contribution in [0.15, 0.2) is 33.7 Å². The minimum absolute atomic E-state index is 0.150. The first-order valence-corrected chi connectivity index (χ1v) is 13.3. The molecule has 0 unspecified atom stereocenters. The van der Waals surface area contributed by atoms with Gasteiger partial charge in [-0.3, -0.25) is 4.79 Å². The first-order chi connectivity index (χ1) is 15.7. The number of nitrogens with zero attached hydrogens (tertiary/aromatic N) is 3. The number of hydrogen-bond acceptors (Lipinski definition) is 7. The molecule has 1 aliphatic rings. The molecular weight excluding hydrogens is 460 g/mol. The number of benzene rings is 1. The third kappa shape index (κ3) is 4.87. The first kappa shape index (κ1) is 23.6. The van der Waals surface area contributed by atoms with Crippen molar-refractivity contribution >= 4 is 33.0 Å². The normalized spacial score (nSPS) is 17.3. The second-order valence-electron chi connectivity index (χ2n) is 8.41. The molecule has 1 saturated heterocycles. The molecule has 0 saturated carbocycles. The smallest absolute Gasteiger partial charge is 0.244 e. The average molecular weight is 489 g/mol. The summed E-state index contributed by atoms with van der Waals surface area (Å²) in [6.45, 7) is 8.19. The molecule has 1 amide bonds. The summed E-state index contributed by atoms with van der Waals surface area (Å²) in [6, 6.07) is 7.46. The number of hydrogen-bond donors (Lipinski definition) is 1. The molecular formula is C23H28N4O4S2. The first-order valence-electron chi connectivity index (χ1n) is 11.0. The highest BCUT2D eigenvalue weighted by molar-refractivity contribution is 7.89. The number of piperidine rings is 1. The number of carbonyl (C=O) groups excluding carboxylic acids is 1. The highest BCUT2D eigenvalue weighted by atomic mass is 32.2. The molecule has 1 atom stereocenters. The minimum Gasteiger partial charge on any atom is -0.339 e. The zero-order valence-electron chi connectivity index (χ0n) is 19.2. The molecule has 1 aliphatic heterocycles. The van der Waals surface area contributed by atoms with Gasteiger partial charge in [0.1, 0.15) is 0 Å². The predicted molar refractivity (Wildman–Crippen MR) is 128 cm³/mol. The Balaban J connectivity index is 1.52. The van der Waals surface area contributed by atoms with Crippen LogP contribution in [-0.2, 0) is 21.2 Å². The van der Waals surface area contributed by atoms with Crippen LogP contribution in [0.3, 0.4) is 0 Å². The Kier molecular flexibility index (Phi) is 6.69. The lowest BCUT2D eigenvalue weighted by molar-refractivity contribution is -0.120. The van der Waals surface area contributed by atoms with Gasteiger partial charge in [0.25, 0.3) is 0 Å². The Bertz CT molecular complexity index is 1280. The molecule has 0 aliphatic carbocycles. The molecule has 3 heterocycles. The van der Waals surface area contributed by atoms with E-state index in [1.165, 1.54) is 15.6 Å². The summed E-state index contributed by atoms with van der Waals surface area (Å²) in [5.74, 6) is 0.348. The minimum atomic E-state index is -3.75. The van der Waals surface area contributed by atoms with Crippen LogP contribution in [0.1, 0.15) is 41.7 Å². The quantitative estimate of drug-likeness (QED) is 0.554. The summed E-state index contributed by atoms with van der Waals surface area (Å²) in [7, 11) is -3.75. The molecule has 1 N–H and O–H groups in total. The molecule has 1 fully saturated rings. The van der Waals surface area contributed by atoms with Gasteiger partial charge in [-0.1, -0.05) is 29.8 Å². The summed E-state index contributed by atoms with van der Waals surface area (Å²) >= 11 is 1.32. The zero-order valence-corrected chi connectivity index (χ0v) is 20.8. The standard InChI is InChI=1S/C23H28N4O4S2/c1-5-21-25-22(26-31-21)19-12-20(16(4)32-19)33(29,30)27-10-6-7-17(13-27)23(28)24-18-9-8-14(2)11-15(18)3/h8-9,11-12,17H,5-7,10,13H2,1-4H3,(H,24,28)/t17-/m0/s1. The molecule has 176 valence electrons. The molecule has 10 heteroatoms. The monoisotopic (exact) mass is 488 g/mol. The number of aryl methyl sites for hydroxylation is 4. The van der Waals surface area contributed by atoms with E-state index < -0.39 is 15.9 Å². The maximum atomic E-state index is 13.5. The van der Waals surface area contributed by atoms with Gasteiger partial charge >= 0.3 is 0 Å². The Morgan fingerprint density at radius 2 is 2.06 bits per heavy atom. The SMILES string of the molecule is CCc1nc(-c2cc(S(=O)(=O)N3CCC[C@H](C(=O)Nc4ccc(C)cc4C)C3)c(C)s2)no1. The molecule has 3 aromatic rings. The van der Waals surface area contributed by atoms with Gasteiger partial charge in [-0.05, 0) is 51.3 Å². The number of rotatable bonds is 6. The van der Waals surface area contributed by atoms with E-state index in [-0.39, 0.29) is 17.3 Å². The second kappa shape index (κ2) is 9.36. The molecule has 1 aromatic carbocycles. The van der Waals surface area contributed by atoms with Gasteiger partial charge in [-0.15, -0.1) is 11.3 Å². The number of sulfonamides is 1. The topological polar surface area (TPSA) is 105 Å². The van der Waals surface area contributed by atoms with Crippen molar-refractivity contribution in [3.8, 4) is 10.7 Å². The zero-order chi connectivity index (χ0) is 23.8. The third-order valence-electron chi connectivity index (χ3n) is 5.88. The fraction of sp³-hybridized carbons (Fsp3) is 0.435. The lowest BCUT2D eigenvalue weighted by Crippen LogP contribution is -2.43. The molecule has 8 nitrogen and oxygen atoms in total. The highest BCUT2D eigenvalue weighted by Crippen LogP contribution is 2.35. The van der Waals surface area contributed by atoms with E-state index in [1.54, 1.807) is 13.0 Å². The van der Waals surface area contributed by atoms with Crippen LogP contribution in [0.25, 0.3) is 10.7 Å². The van der Waals surface area contributed by atoms with E-state index in [0.29, 0.717) is 47.3 Å². The van der Waals surface area contributed by atoms with E-state index in [9.17, 15) is 13.2 Å². The predicted octanol–water partition coefficient (Wildman–Crippen LogP) is 4.33. The summed E-state index contributed by atoms with van der Waals surface area (Å²) in [5, 5.41) is 6.94. The van der Waals surface area contributed by atoms with Crippen LogP contribution in [-0.4, -0.2) is 41.9 Å². The van der Waals surface area contributed by atoms with Crippen LogP contribution in [0.5, 0.6) is 0 Å². The maximum Gasteiger partial charge on any atom is 0.244 e. The second-order valence-corrected chi connectivity index (χ2v) is 11.6. The van der Waals surface area contributed by atoms with Crippen molar-refractivity contribution < 1.29 is 17.7 Å². The summed E-state index contributed by atoms with van der Waals surface area (Å²) < 4.78 is 33.5. The van der Waals surface area contributed by atoms with Crippen LogP contribution < -0.4 is 5.32 Å². The van der Waals surface area contributed by atoms with Crippen LogP contribution in [0.2, 0.25) is 0 Å². The Morgan fingerprint density at radius 3 is 2.76 bits per heavy atom. The van der Waals surface area contributed by atoms with Gasteiger partial charge in [-0.2, -0.15) is 9.29 Å². The van der Waals surface area contributed by atoms with Gasteiger partial charge in [0.05, 0.1) is 15.7 Å². The number of aromatic nitrogens is 2. The maximum absolute atomic E-state index is 13.5. The van der Waals surface area contributed by atoms with E-state index in [4.69, 9.17) is 4.52 Å². The van der Waals surface area contributed by atoms with Crippen molar-refractivity contribution in [1.29, 1.82) is 0 Å². The highest BCUT2D eigenvalue weighted by Gasteiger charge is 2.35. The lowest BCUT2D eigenvalue weighted by atomic mass is 9.98. The number of nitrogens with one attached hydrogen (secondary N) is 1. The molecule has 0 radical (unpaired) electrons.